The summed E-state index contributed by atoms with van der Waals surface area (Å²) in [6.45, 7) is 10.7. The van der Waals surface area contributed by atoms with Crippen molar-refractivity contribution in [3.63, 3.8) is 0 Å². The number of hydrogen-bond acceptors (Lipinski definition) is 5. The first-order chi connectivity index (χ1) is 12.5. The van der Waals surface area contributed by atoms with Crippen LogP contribution in [0.15, 0.2) is 39.8 Å². The van der Waals surface area contributed by atoms with Crippen molar-refractivity contribution in [3.8, 4) is 5.75 Å². The highest BCUT2D eigenvalue weighted by Crippen LogP contribution is 2.19. The number of benzene rings is 1. The molecule has 27 heavy (non-hydrogen) atoms. The Balaban J connectivity index is 0.00000364. The van der Waals surface area contributed by atoms with Crippen LogP contribution in [0.3, 0.4) is 0 Å². The Bertz CT molecular complexity index is 683. The molecule has 0 fully saturated rings. The van der Waals surface area contributed by atoms with E-state index in [-0.39, 0.29) is 29.4 Å². The van der Waals surface area contributed by atoms with Gasteiger partial charge in [-0.1, -0.05) is 44.1 Å². The molecule has 0 atom stereocenters. The van der Waals surface area contributed by atoms with E-state index in [1.54, 1.807) is 0 Å². The van der Waals surface area contributed by atoms with E-state index in [1.165, 1.54) is 0 Å². The van der Waals surface area contributed by atoms with Crippen LogP contribution in [0.1, 0.15) is 45.8 Å². The minimum Gasteiger partial charge on any atom is -0.494 e. The molecule has 0 saturated heterocycles. The fraction of sp³-hybridized carbons (Fsp3) is 0.526. The van der Waals surface area contributed by atoms with Gasteiger partial charge in [0.25, 0.3) is 0 Å². The van der Waals surface area contributed by atoms with Crippen LogP contribution in [0.2, 0.25) is 0 Å². The van der Waals surface area contributed by atoms with Crippen LogP contribution >= 0.6 is 24.0 Å². The Kier molecular flexibility index (Phi) is 10.1. The smallest absolute Gasteiger partial charge is 0.232 e. The SMILES string of the molecule is CCNC(=NCc1noc(C(C)(C)C)n1)NCCCOc1ccccc1.I. The van der Waals surface area contributed by atoms with E-state index in [9.17, 15) is 0 Å². The second-order valence-electron chi connectivity index (χ2n) is 6.90. The third kappa shape index (κ3) is 8.59. The van der Waals surface area contributed by atoms with E-state index >= 15 is 0 Å². The van der Waals surface area contributed by atoms with Crippen molar-refractivity contribution in [2.45, 2.75) is 46.1 Å². The summed E-state index contributed by atoms with van der Waals surface area (Å²) >= 11 is 0. The zero-order valence-corrected chi connectivity index (χ0v) is 18.8. The molecule has 2 aromatic rings. The number of aliphatic imine (C=N–C) groups is 1. The van der Waals surface area contributed by atoms with Gasteiger partial charge in [-0.3, -0.25) is 0 Å². The standard InChI is InChI=1S/C19H29N5O2.HI/c1-5-20-18(21-12-9-13-25-15-10-7-6-8-11-15)22-14-16-23-17(26-24-16)19(2,3)4;/h6-8,10-11H,5,9,12-14H2,1-4H3,(H2,20,21,22);1H. The number of nitrogens with one attached hydrogen (secondary N) is 2. The minimum absolute atomic E-state index is 0. The average Bonchev–Trinajstić information content (AvgIpc) is 3.09. The minimum atomic E-state index is -0.156. The first-order valence-electron chi connectivity index (χ1n) is 9.02. The summed E-state index contributed by atoms with van der Waals surface area (Å²) in [5.41, 5.74) is -0.156. The Morgan fingerprint density at radius 1 is 1.19 bits per heavy atom. The average molecular weight is 487 g/mol. The van der Waals surface area contributed by atoms with Gasteiger partial charge in [0.1, 0.15) is 12.3 Å². The molecule has 0 bridgehead atoms. The van der Waals surface area contributed by atoms with Gasteiger partial charge in [-0.25, -0.2) is 4.99 Å². The first-order valence-corrected chi connectivity index (χ1v) is 9.02. The number of rotatable bonds is 8. The molecule has 0 aliphatic heterocycles. The lowest BCUT2D eigenvalue weighted by molar-refractivity contribution is 0.311. The van der Waals surface area contributed by atoms with Gasteiger partial charge in [0.15, 0.2) is 11.8 Å². The van der Waals surface area contributed by atoms with Crippen molar-refractivity contribution in [2.24, 2.45) is 4.99 Å². The number of halogens is 1. The van der Waals surface area contributed by atoms with Crippen LogP contribution in [-0.4, -0.2) is 35.8 Å². The van der Waals surface area contributed by atoms with Crippen molar-refractivity contribution in [2.75, 3.05) is 19.7 Å². The zero-order valence-electron chi connectivity index (χ0n) is 16.5. The topological polar surface area (TPSA) is 84.6 Å². The van der Waals surface area contributed by atoms with Gasteiger partial charge in [-0.2, -0.15) is 4.98 Å². The number of hydrogen-bond donors (Lipinski definition) is 2. The van der Waals surface area contributed by atoms with Gasteiger partial charge in [-0.15, -0.1) is 24.0 Å². The fourth-order valence-electron chi connectivity index (χ4n) is 2.10. The normalized spacial score (nSPS) is 11.6. The van der Waals surface area contributed by atoms with Crippen molar-refractivity contribution in [3.05, 3.63) is 42.0 Å². The third-order valence-corrected chi connectivity index (χ3v) is 3.46. The summed E-state index contributed by atoms with van der Waals surface area (Å²) < 4.78 is 11.0. The Morgan fingerprint density at radius 2 is 1.93 bits per heavy atom. The Hall–Kier alpha value is -1.84. The van der Waals surface area contributed by atoms with Crippen LogP contribution in [0.25, 0.3) is 0 Å². The molecule has 0 aliphatic carbocycles. The van der Waals surface area contributed by atoms with Crippen LogP contribution < -0.4 is 15.4 Å². The monoisotopic (exact) mass is 487 g/mol. The number of ether oxygens (including phenoxy) is 1. The highest BCUT2D eigenvalue weighted by Gasteiger charge is 2.21. The maximum atomic E-state index is 5.68. The lowest BCUT2D eigenvalue weighted by Gasteiger charge is -2.11. The van der Waals surface area contributed by atoms with Crippen LogP contribution in [0.4, 0.5) is 0 Å². The highest BCUT2D eigenvalue weighted by molar-refractivity contribution is 14.0. The van der Waals surface area contributed by atoms with E-state index < -0.39 is 0 Å². The van der Waals surface area contributed by atoms with E-state index in [1.807, 2.05) is 58.0 Å². The van der Waals surface area contributed by atoms with Crippen molar-refractivity contribution < 1.29 is 9.26 Å². The van der Waals surface area contributed by atoms with Gasteiger partial charge < -0.3 is 19.9 Å². The molecule has 7 nitrogen and oxygen atoms in total. The van der Waals surface area contributed by atoms with Crippen LogP contribution in [-0.2, 0) is 12.0 Å². The molecule has 2 rings (SSSR count). The predicted molar refractivity (Wildman–Crippen MR) is 118 cm³/mol. The maximum absolute atomic E-state index is 5.68. The maximum Gasteiger partial charge on any atom is 0.232 e. The molecule has 1 aromatic carbocycles. The van der Waals surface area contributed by atoms with Gasteiger partial charge in [0.05, 0.1) is 6.61 Å². The van der Waals surface area contributed by atoms with E-state index in [0.717, 1.165) is 31.2 Å². The van der Waals surface area contributed by atoms with Crippen molar-refractivity contribution in [1.29, 1.82) is 0 Å². The highest BCUT2D eigenvalue weighted by atomic mass is 127. The summed E-state index contributed by atoms with van der Waals surface area (Å²) in [4.78, 5) is 8.90. The number of nitrogens with zero attached hydrogens (tertiary/aromatic N) is 3. The molecule has 1 heterocycles. The lowest BCUT2D eigenvalue weighted by atomic mass is 9.97. The lowest BCUT2D eigenvalue weighted by Crippen LogP contribution is -2.38. The predicted octanol–water partition coefficient (Wildman–Crippen LogP) is 3.51. The molecule has 2 N–H and O–H groups in total. The van der Waals surface area contributed by atoms with Crippen LogP contribution in [0, 0.1) is 0 Å². The van der Waals surface area contributed by atoms with Crippen LogP contribution in [0.5, 0.6) is 5.75 Å². The zero-order chi connectivity index (χ0) is 18.8. The summed E-state index contributed by atoms with van der Waals surface area (Å²) in [7, 11) is 0. The molecule has 8 heteroatoms. The summed E-state index contributed by atoms with van der Waals surface area (Å²) in [6.07, 6.45) is 0.871. The quantitative estimate of drug-likeness (QED) is 0.257. The van der Waals surface area contributed by atoms with E-state index in [2.05, 4.69) is 25.8 Å². The molecule has 0 unspecified atom stereocenters. The molecule has 1 aromatic heterocycles. The Morgan fingerprint density at radius 3 is 2.56 bits per heavy atom. The largest absolute Gasteiger partial charge is 0.494 e. The molecule has 0 amide bonds. The van der Waals surface area contributed by atoms with Gasteiger partial charge in [-0.05, 0) is 25.5 Å². The Labute approximate surface area is 178 Å². The second kappa shape index (κ2) is 11.8. The number of guanidine groups is 1. The first kappa shape index (κ1) is 23.2. The van der Waals surface area contributed by atoms with Gasteiger partial charge >= 0.3 is 0 Å². The van der Waals surface area contributed by atoms with E-state index in [4.69, 9.17) is 9.26 Å². The molecule has 0 spiro atoms. The van der Waals surface area contributed by atoms with Crippen molar-refractivity contribution in [1.82, 2.24) is 20.8 Å². The number of aromatic nitrogens is 2. The summed E-state index contributed by atoms with van der Waals surface area (Å²) in [5, 5.41) is 10.5. The van der Waals surface area contributed by atoms with Gasteiger partial charge in [0, 0.05) is 18.5 Å². The molecule has 0 saturated carbocycles. The molecular formula is C19H30IN5O2. The summed E-state index contributed by atoms with van der Waals surface area (Å²) in [6, 6.07) is 9.81. The molecule has 0 radical (unpaired) electrons. The number of para-hydroxylation sites is 1. The molecule has 0 aliphatic rings. The molecular weight excluding hydrogens is 457 g/mol. The fourth-order valence-corrected chi connectivity index (χ4v) is 2.10. The summed E-state index contributed by atoms with van der Waals surface area (Å²) in [5.74, 6) is 2.83. The molecule has 150 valence electrons. The van der Waals surface area contributed by atoms with Gasteiger partial charge in [0.2, 0.25) is 5.89 Å². The van der Waals surface area contributed by atoms with E-state index in [0.29, 0.717) is 24.9 Å². The van der Waals surface area contributed by atoms with Crippen molar-refractivity contribution >= 4 is 29.9 Å². The third-order valence-electron chi connectivity index (χ3n) is 3.46. The second-order valence-corrected chi connectivity index (χ2v) is 6.90.